The fraction of sp³-hybridized carbons (Fsp3) is 1.00. The summed E-state index contributed by atoms with van der Waals surface area (Å²) in [6, 6.07) is 1.30. The molecule has 2 heterocycles. The van der Waals surface area contributed by atoms with Gasteiger partial charge in [-0.05, 0) is 65.1 Å². The number of nitrogens with one attached hydrogen (secondary N) is 3. The summed E-state index contributed by atoms with van der Waals surface area (Å²) in [6.07, 6.45) is 14.7. The van der Waals surface area contributed by atoms with Crippen LogP contribution < -0.4 is 16.0 Å². The lowest BCUT2D eigenvalue weighted by Gasteiger charge is -2.39. The number of likely N-dealkylation sites (tertiary alicyclic amines) is 1. The van der Waals surface area contributed by atoms with Crippen molar-refractivity contribution in [2.45, 2.75) is 88.6 Å². The molecule has 2 aliphatic heterocycles. The molecule has 122 valence electrons. The van der Waals surface area contributed by atoms with Crippen molar-refractivity contribution < 1.29 is 0 Å². The third-order valence-corrected chi connectivity index (χ3v) is 5.67. The summed E-state index contributed by atoms with van der Waals surface area (Å²) in [7, 11) is 2.29. The first-order valence-corrected chi connectivity index (χ1v) is 9.28. The molecular formula is C17H34N4. The molecule has 4 heteroatoms. The van der Waals surface area contributed by atoms with Gasteiger partial charge in [-0.3, -0.25) is 15.5 Å². The molecule has 4 nitrogen and oxygen atoms in total. The Labute approximate surface area is 130 Å². The zero-order chi connectivity index (χ0) is 14.5. The Bertz CT molecular complexity index is 303. The molecule has 1 aliphatic carbocycles. The highest BCUT2D eigenvalue weighted by atomic mass is 15.3. The molecule has 4 atom stereocenters. The smallest absolute Gasteiger partial charge is 0.0597 e. The molecule has 0 amide bonds. The fourth-order valence-corrected chi connectivity index (χ4v) is 4.32. The van der Waals surface area contributed by atoms with E-state index >= 15 is 0 Å². The SMILES string of the molecule is CN1CCCCC1NC1CCCCCC1NC1CCCN1. The molecule has 3 N–H and O–H groups in total. The van der Waals surface area contributed by atoms with E-state index in [2.05, 4.69) is 27.9 Å². The molecule has 0 aromatic rings. The van der Waals surface area contributed by atoms with Crippen LogP contribution in [0.2, 0.25) is 0 Å². The van der Waals surface area contributed by atoms with Gasteiger partial charge in [0.05, 0.1) is 12.3 Å². The van der Waals surface area contributed by atoms with E-state index in [9.17, 15) is 0 Å². The minimum absolute atomic E-state index is 0.557. The average Bonchev–Trinajstić information content (AvgIpc) is 2.90. The van der Waals surface area contributed by atoms with Gasteiger partial charge in [-0.1, -0.05) is 19.3 Å². The van der Waals surface area contributed by atoms with Gasteiger partial charge in [0, 0.05) is 12.1 Å². The van der Waals surface area contributed by atoms with Crippen molar-refractivity contribution in [2.24, 2.45) is 0 Å². The highest BCUT2D eigenvalue weighted by Crippen LogP contribution is 2.22. The summed E-state index contributed by atoms with van der Waals surface area (Å²) in [5.74, 6) is 0. The van der Waals surface area contributed by atoms with E-state index in [0.717, 1.165) is 0 Å². The van der Waals surface area contributed by atoms with Crippen molar-refractivity contribution in [3.63, 3.8) is 0 Å². The van der Waals surface area contributed by atoms with Crippen LogP contribution >= 0.6 is 0 Å². The molecule has 4 unspecified atom stereocenters. The van der Waals surface area contributed by atoms with Crippen LogP contribution in [0, 0.1) is 0 Å². The lowest BCUT2D eigenvalue weighted by Crippen LogP contribution is -2.58. The van der Waals surface area contributed by atoms with Gasteiger partial charge < -0.3 is 5.32 Å². The van der Waals surface area contributed by atoms with E-state index in [1.165, 1.54) is 77.3 Å². The minimum Gasteiger partial charge on any atom is -0.302 e. The summed E-state index contributed by atoms with van der Waals surface area (Å²) >= 11 is 0. The largest absolute Gasteiger partial charge is 0.302 e. The van der Waals surface area contributed by atoms with E-state index in [1.807, 2.05) is 0 Å². The van der Waals surface area contributed by atoms with Gasteiger partial charge in [-0.2, -0.15) is 0 Å². The number of hydrogen-bond acceptors (Lipinski definition) is 4. The number of nitrogens with zero attached hydrogens (tertiary/aromatic N) is 1. The fourth-order valence-electron chi connectivity index (χ4n) is 4.32. The van der Waals surface area contributed by atoms with Crippen molar-refractivity contribution in [3.8, 4) is 0 Å². The quantitative estimate of drug-likeness (QED) is 0.694. The molecule has 3 rings (SSSR count). The van der Waals surface area contributed by atoms with Crippen LogP contribution in [-0.2, 0) is 0 Å². The summed E-state index contributed by atoms with van der Waals surface area (Å²) in [5.41, 5.74) is 0. The van der Waals surface area contributed by atoms with Crippen LogP contribution in [0.5, 0.6) is 0 Å². The minimum atomic E-state index is 0.557. The van der Waals surface area contributed by atoms with E-state index in [0.29, 0.717) is 24.4 Å². The Balaban J connectivity index is 1.57. The first-order chi connectivity index (χ1) is 10.3. The molecule has 1 saturated carbocycles. The number of hydrogen-bond donors (Lipinski definition) is 3. The predicted molar refractivity (Wildman–Crippen MR) is 88.2 cm³/mol. The van der Waals surface area contributed by atoms with E-state index < -0.39 is 0 Å². The topological polar surface area (TPSA) is 39.3 Å². The zero-order valence-corrected chi connectivity index (χ0v) is 13.7. The van der Waals surface area contributed by atoms with Crippen molar-refractivity contribution >= 4 is 0 Å². The maximum Gasteiger partial charge on any atom is 0.0597 e. The van der Waals surface area contributed by atoms with Gasteiger partial charge in [-0.15, -0.1) is 0 Å². The maximum absolute atomic E-state index is 4.01. The van der Waals surface area contributed by atoms with Gasteiger partial charge in [0.15, 0.2) is 0 Å². The molecule has 3 aliphatic rings. The Morgan fingerprint density at radius 3 is 2.29 bits per heavy atom. The maximum atomic E-state index is 4.01. The number of piperidine rings is 1. The normalized spacial score (nSPS) is 39.3. The summed E-state index contributed by atoms with van der Waals surface area (Å²) in [6.45, 7) is 2.44. The molecule has 2 saturated heterocycles. The second kappa shape index (κ2) is 7.91. The zero-order valence-electron chi connectivity index (χ0n) is 13.7. The molecule has 21 heavy (non-hydrogen) atoms. The molecule has 3 fully saturated rings. The lowest BCUT2D eigenvalue weighted by molar-refractivity contribution is 0.127. The highest BCUT2D eigenvalue weighted by Gasteiger charge is 2.30. The Morgan fingerprint density at radius 1 is 0.810 bits per heavy atom. The molecule has 0 aromatic heterocycles. The third kappa shape index (κ3) is 4.41. The van der Waals surface area contributed by atoms with E-state index in [4.69, 9.17) is 0 Å². The van der Waals surface area contributed by atoms with Crippen molar-refractivity contribution in [3.05, 3.63) is 0 Å². The third-order valence-electron chi connectivity index (χ3n) is 5.67. The standard InChI is InChI=1S/C17H34N4/c1-21-13-6-5-11-17(21)20-15-9-4-2-3-8-14(15)19-16-10-7-12-18-16/h14-20H,2-13H2,1H3. The van der Waals surface area contributed by atoms with Crippen molar-refractivity contribution in [2.75, 3.05) is 20.1 Å². The van der Waals surface area contributed by atoms with Crippen LogP contribution in [0.15, 0.2) is 0 Å². The molecule has 0 bridgehead atoms. The lowest BCUT2D eigenvalue weighted by atomic mass is 10.00. The first kappa shape index (κ1) is 15.7. The summed E-state index contributed by atoms with van der Waals surface area (Å²) in [5, 5.41) is 11.5. The van der Waals surface area contributed by atoms with Crippen molar-refractivity contribution in [1.29, 1.82) is 0 Å². The van der Waals surface area contributed by atoms with Crippen molar-refractivity contribution in [1.82, 2.24) is 20.9 Å². The van der Waals surface area contributed by atoms with Gasteiger partial charge in [-0.25, -0.2) is 0 Å². The Kier molecular flexibility index (Phi) is 5.92. The Hall–Kier alpha value is -0.160. The summed E-state index contributed by atoms with van der Waals surface area (Å²) in [4.78, 5) is 2.53. The summed E-state index contributed by atoms with van der Waals surface area (Å²) < 4.78 is 0. The van der Waals surface area contributed by atoms with Gasteiger partial charge in [0.2, 0.25) is 0 Å². The molecule has 0 radical (unpaired) electrons. The van der Waals surface area contributed by atoms with Crippen LogP contribution in [0.4, 0.5) is 0 Å². The molecular weight excluding hydrogens is 260 g/mol. The van der Waals surface area contributed by atoms with Crippen LogP contribution in [-0.4, -0.2) is 49.5 Å². The van der Waals surface area contributed by atoms with Crippen LogP contribution in [0.25, 0.3) is 0 Å². The second-order valence-corrected chi connectivity index (χ2v) is 7.33. The van der Waals surface area contributed by atoms with E-state index in [1.54, 1.807) is 0 Å². The van der Waals surface area contributed by atoms with Gasteiger partial charge in [0.1, 0.15) is 0 Å². The first-order valence-electron chi connectivity index (χ1n) is 9.28. The average molecular weight is 294 g/mol. The van der Waals surface area contributed by atoms with Gasteiger partial charge >= 0.3 is 0 Å². The van der Waals surface area contributed by atoms with Crippen LogP contribution in [0.3, 0.4) is 0 Å². The van der Waals surface area contributed by atoms with Crippen LogP contribution in [0.1, 0.15) is 64.2 Å². The molecule has 0 aromatic carbocycles. The second-order valence-electron chi connectivity index (χ2n) is 7.33. The predicted octanol–water partition coefficient (Wildman–Crippen LogP) is 2.02. The monoisotopic (exact) mass is 294 g/mol. The highest BCUT2D eigenvalue weighted by molar-refractivity contribution is 4.90. The molecule has 0 spiro atoms. The Morgan fingerprint density at radius 2 is 1.57 bits per heavy atom. The number of rotatable bonds is 4. The van der Waals surface area contributed by atoms with E-state index in [-0.39, 0.29) is 0 Å². The van der Waals surface area contributed by atoms with Gasteiger partial charge in [0.25, 0.3) is 0 Å².